The topological polar surface area (TPSA) is 31.2 Å². The van der Waals surface area contributed by atoms with Crippen LogP contribution in [0.4, 0.5) is 8.78 Å². The second kappa shape index (κ2) is 6.14. The van der Waals surface area contributed by atoms with E-state index in [4.69, 9.17) is 4.74 Å². The molecule has 0 amide bonds. The van der Waals surface area contributed by atoms with Gasteiger partial charge < -0.3 is 4.74 Å². The van der Waals surface area contributed by atoms with Crippen LogP contribution in [0.2, 0.25) is 0 Å². The number of halogens is 3. The first-order chi connectivity index (χ1) is 9.08. The van der Waals surface area contributed by atoms with Gasteiger partial charge in [-0.15, -0.1) is 0 Å². The minimum absolute atomic E-state index is 0.0884. The van der Waals surface area contributed by atoms with Crippen LogP contribution in [-0.2, 0) is 0 Å². The van der Waals surface area contributed by atoms with Gasteiger partial charge in [0.1, 0.15) is 6.61 Å². The van der Waals surface area contributed by atoms with E-state index in [0.29, 0.717) is 9.04 Å². The quantitative estimate of drug-likeness (QED) is 0.843. The number of hydrogen-bond acceptors (Lipinski definition) is 2. The highest BCUT2D eigenvalue weighted by Crippen LogP contribution is 2.19. The van der Waals surface area contributed by atoms with Crippen LogP contribution in [0.1, 0.15) is 19.4 Å². The van der Waals surface area contributed by atoms with Crippen LogP contribution in [0.25, 0.3) is 0 Å². The maximum Gasteiger partial charge on any atom is 0.321 e. The van der Waals surface area contributed by atoms with Crippen molar-refractivity contribution in [2.24, 2.45) is 0 Å². The molecule has 6 heteroatoms. The zero-order valence-electron chi connectivity index (χ0n) is 9.98. The van der Waals surface area contributed by atoms with E-state index in [0.717, 1.165) is 24.6 Å². The number of nitrogens with zero attached hydrogens (tertiary/aromatic N) is 1. The van der Waals surface area contributed by atoms with E-state index in [1.807, 2.05) is 18.2 Å². The smallest absolute Gasteiger partial charge is 0.321 e. The van der Waals surface area contributed by atoms with Crippen LogP contribution in [0, 0.1) is 0 Å². The van der Waals surface area contributed by atoms with Gasteiger partial charge in [0.05, 0.1) is 0 Å². The third-order valence-corrected chi connectivity index (χ3v) is 3.09. The van der Waals surface area contributed by atoms with E-state index < -0.39 is 12.1 Å². The van der Waals surface area contributed by atoms with Gasteiger partial charge in [-0.1, -0.05) is 18.2 Å². The third-order valence-electron chi connectivity index (χ3n) is 2.65. The highest BCUT2D eigenvalue weighted by Gasteiger charge is 2.13. The molecule has 0 fully saturated rings. The maximum absolute atomic E-state index is 12.6. The van der Waals surface area contributed by atoms with Crippen molar-refractivity contribution in [2.75, 3.05) is 6.61 Å². The van der Waals surface area contributed by atoms with Gasteiger partial charge in [0.2, 0.25) is 0 Å². The van der Waals surface area contributed by atoms with Gasteiger partial charge >= 0.3 is 6.55 Å². The minimum Gasteiger partial charge on any atom is -0.483 e. The molecule has 0 spiro atoms. The molecule has 2 rings (SSSR count). The highest BCUT2D eigenvalue weighted by atomic mass is 79.9. The van der Waals surface area contributed by atoms with Crippen molar-refractivity contribution in [2.45, 2.75) is 19.4 Å². The summed E-state index contributed by atoms with van der Waals surface area (Å²) in [6.07, 6.45) is 8.88. The number of hydrogen-bond donors (Lipinski definition) is 0. The van der Waals surface area contributed by atoms with Gasteiger partial charge in [0, 0.05) is 16.7 Å². The lowest BCUT2D eigenvalue weighted by atomic mass is 10.1. The molecule has 0 atom stereocenters. The molecule has 0 unspecified atom stereocenters. The van der Waals surface area contributed by atoms with Crippen LogP contribution in [0.5, 0.6) is 5.75 Å². The van der Waals surface area contributed by atoms with Gasteiger partial charge in [-0.05, 0) is 34.3 Å². The van der Waals surface area contributed by atoms with E-state index in [-0.39, 0.29) is 12.4 Å². The van der Waals surface area contributed by atoms with Crippen molar-refractivity contribution >= 4 is 15.9 Å². The fraction of sp³-hybridized carbons (Fsp3) is 0.308. The Hall–Kier alpha value is -1.43. The standard InChI is InChI=1S/C13H12BrF2NO2/c14-10-6-11(12(18)17(7-10)13(15)16)19-8-9-4-2-1-3-5-9/h2,4-7,13H,1,3,8H2. The molecular weight excluding hydrogens is 320 g/mol. The van der Waals surface area contributed by atoms with Crippen LogP contribution in [0.3, 0.4) is 0 Å². The SMILES string of the molecule is O=c1c(OCC2=CCCC=C2)cc(Br)cn1C(F)F. The predicted molar refractivity (Wildman–Crippen MR) is 71.6 cm³/mol. The van der Waals surface area contributed by atoms with Gasteiger partial charge in [0.15, 0.2) is 5.75 Å². The molecule has 1 aliphatic rings. The number of rotatable bonds is 4. The van der Waals surface area contributed by atoms with Crippen molar-refractivity contribution in [3.05, 3.63) is 50.9 Å². The lowest BCUT2D eigenvalue weighted by Crippen LogP contribution is -2.22. The summed E-state index contributed by atoms with van der Waals surface area (Å²) < 4.78 is 31.3. The molecule has 1 heterocycles. The van der Waals surface area contributed by atoms with Crippen molar-refractivity contribution in [3.63, 3.8) is 0 Å². The molecule has 102 valence electrons. The summed E-state index contributed by atoms with van der Waals surface area (Å²) in [5.41, 5.74) is 0.104. The Labute approximate surface area is 117 Å². The van der Waals surface area contributed by atoms with E-state index in [9.17, 15) is 13.6 Å². The van der Waals surface area contributed by atoms with Crippen LogP contribution >= 0.6 is 15.9 Å². The Morgan fingerprint density at radius 3 is 2.84 bits per heavy atom. The predicted octanol–water partition coefficient (Wildman–Crippen LogP) is 3.66. The first-order valence-corrected chi connectivity index (χ1v) is 6.55. The largest absolute Gasteiger partial charge is 0.483 e. The molecule has 19 heavy (non-hydrogen) atoms. The molecule has 1 aromatic rings. The number of allylic oxidation sites excluding steroid dienone is 2. The van der Waals surface area contributed by atoms with Crippen LogP contribution in [-0.4, -0.2) is 11.2 Å². The molecule has 0 aliphatic heterocycles. The zero-order chi connectivity index (χ0) is 13.8. The summed E-state index contributed by atoms with van der Waals surface area (Å²) in [5, 5.41) is 0. The van der Waals surface area contributed by atoms with Gasteiger partial charge in [-0.25, -0.2) is 0 Å². The summed E-state index contributed by atoms with van der Waals surface area (Å²) in [6, 6.07) is 1.40. The molecule has 0 bridgehead atoms. The Kier molecular flexibility index (Phi) is 4.52. The third kappa shape index (κ3) is 3.53. The lowest BCUT2D eigenvalue weighted by molar-refractivity contribution is 0.0649. The minimum atomic E-state index is -2.89. The fourth-order valence-corrected chi connectivity index (χ4v) is 2.16. The number of ether oxygens (including phenoxy) is 1. The lowest BCUT2D eigenvalue weighted by Gasteiger charge is -2.11. The number of alkyl halides is 2. The average Bonchev–Trinajstić information content (AvgIpc) is 2.40. The molecule has 0 aromatic carbocycles. The Bertz CT molecular complexity index is 578. The van der Waals surface area contributed by atoms with Crippen molar-refractivity contribution in [1.29, 1.82) is 0 Å². The molecule has 3 nitrogen and oxygen atoms in total. The first-order valence-electron chi connectivity index (χ1n) is 5.76. The maximum atomic E-state index is 12.6. The van der Waals surface area contributed by atoms with E-state index in [1.54, 1.807) is 0 Å². The van der Waals surface area contributed by atoms with Crippen molar-refractivity contribution in [3.8, 4) is 5.75 Å². The average molecular weight is 332 g/mol. The molecule has 0 radical (unpaired) electrons. The fourth-order valence-electron chi connectivity index (χ4n) is 1.73. The molecule has 1 aliphatic carbocycles. The van der Waals surface area contributed by atoms with Crippen LogP contribution < -0.4 is 10.3 Å². The van der Waals surface area contributed by atoms with Crippen LogP contribution in [0.15, 0.2) is 45.3 Å². The van der Waals surface area contributed by atoms with E-state index in [1.165, 1.54) is 6.07 Å². The van der Waals surface area contributed by atoms with E-state index >= 15 is 0 Å². The monoisotopic (exact) mass is 331 g/mol. The van der Waals surface area contributed by atoms with E-state index in [2.05, 4.69) is 15.9 Å². The molecule has 1 aromatic heterocycles. The molecule has 0 N–H and O–H groups in total. The second-order valence-electron chi connectivity index (χ2n) is 4.06. The molecular formula is C13H12BrF2NO2. The number of aromatic nitrogens is 1. The van der Waals surface area contributed by atoms with Crippen molar-refractivity contribution in [1.82, 2.24) is 4.57 Å². The summed E-state index contributed by atoms with van der Waals surface area (Å²) in [4.78, 5) is 11.7. The normalized spacial score (nSPS) is 14.6. The zero-order valence-corrected chi connectivity index (χ0v) is 11.6. The summed E-state index contributed by atoms with van der Waals surface area (Å²) >= 11 is 3.08. The van der Waals surface area contributed by atoms with Crippen molar-refractivity contribution < 1.29 is 13.5 Å². The molecule has 0 saturated carbocycles. The first kappa shape index (κ1) is 14.0. The second-order valence-corrected chi connectivity index (χ2v) is 4.98. The van der Waals surface area contributed by atoms with Gasteiger partial charge in [-0.2, -0.15) is 8.78 Å². The highest BCUT2D eigenvalue weighted by molar-refractivity contribution is 9.10. The van der Waals surface area contributed by atoms with Gasteiger partial charge in [-0.3, -0.25) is 9.36 Å². The molecule has 0 saturated heterocycles. The Morgan fingerprint density at radius 2 is 2.21 bits per heavy atom. The Balaban J connectivity index is 2.18. The number of pyridine rings is 1. The summed E-state index contributed by atoms with van der Waals surface area (Å²) in [6.45, 7) is -2.69. The summed E-state index contributed by atoms with van der Waals surface area (Å²) in [5.74, 6) is -0.0884. The Morgan fingerprint density at radius 1 is 1.42 bits per heavy atom. The van der Waals surface area contributed by atoms with Gasteiger partial charge in [0.25, 0.3) is 5.56 Å². The summed E-state index contributed by atoms with van der Waals surface area (Å²) in [7, 11) is 0.